The molecule has 70 valence electrons. The Hall–Kier alpha value is -2.26. The van der Waals surface area contributed by atoms with Gasteiger partial charge < -0.3 is 5.11 Å². The van der Waals surface area contributed by atoms with Crippen LogP contribution in [0.25, 0.3) is 0 Å². The lowest BCUT2D eigenvalue weighted by atomic mass is 10.1. The normalized spacial score (nSPS) is 8.86. The Morgan fingerprint density at radius 2 is 1.64 bits per heavy atom. The predicted octanol–water partition coefficient (Wildman–Crippen LogP) is 0.861. The van der Waals surface area contributed by atoms with Gasteiger partial charge in [-0.2, -0.15) is 0 Å². The Bertz CT molecular complexity index is 415. The largest absolute Gasteiger partial charge is 0.478 e. The molecule has 0 heterocycles. The standard InChI is InChI=1S/C9H5NO4/c11-5-10-8(12)6-1-3-7(4-2-6)9(13)14/h1-4H,(H,13,14). The van der Waals surface area contributed by atoms with Gasteiger partial charge >= 0.3 is 5.97 Å². The summed E-state index contributed by atoms with van der Waals surface area (Å²) >= 11 is 0. The number of amides is 1. The van der Waals surface area contributed by atoms with Crippen molar-refractivity contribution >= 4 is 18.0 Å². The molecule has 0 aliphatic rings. The topological polar surface area (TPSA) is 83.8 Å². The summed E-state index contributed by atoms with van der Waals surface area (Å²) in [5.74, 6) is -1.82. The Labute approximate surface area is 78.7 Å². The van der Waals surface area contributed by atoms with Gasteiger partial charge in [0.2, 0.25) is 6.08 Å². The van der Waals surface area contributed by atoms with Gasteiger partial charge in [0.15, 0.2) is 0 Å². The van der Waals surface area contributed by atoms with Crippen LogP contribution in [0, 0.1) is 0 Å². The number of hydrogen-bond donors (Lipinski definition) is 1. The summed E-state index contributed by atoms with van der Waals surface area (Å²) in [5.41, 5.74) is 0.218. The number of aromatic carboxylic acids is 1. The summed E-state index contributed by atoms with van der Waals surface area (Å²) in [6, 6.07) is 5.09. The van der Waals surface area contributed by atoms with E-state index in [2.05, 4.69) is 4.99 Å². The lowest BCUT2D eigenvalue weighted by Gasteiger charge is -1.95. The minimum absolute atomic E-state index is 0.0663. The third kappa shape index (κ3) is 2.12. The zero-order chi connectivity index (χ0) is 10.6. The van der Waals surface area contributed by atoms with Crippen LogP contribution in [-0.4, -0.2) is 23.1 Å². The molecule has 1 N–H and O–H groups in total. The van der Waals surface area contributed by atoms with E-state index in [1.165, 1.54) is 24.3 Å². The minimum atomic E-state index is -1.08. The zero-order valence-corrected chi connectivity index (χ0v) is 6.93. The van der Waals surface area contributed by atoms with Crippen molar-refractivity contribution < 1.29 is 19.5 Å². The number of hydrogen-bond acceptors (Lipinski definition) is 3. The van der Waals surface area contributed by atoms with Gasteiger partial charge in [-0.3, -0.25) is 4.79 Å². The molecule has 0 aliphatic heterocycles. The van der Waals surface area contributed by atoms with Gasteiger partial charge in [-0.1, -0.05) is 0 Å². The smallest absolute Gasteiger partial charge is 0.335 e. The summed E-state index contributed by atoms with van der Waals surface area (Å²) in [7, 11) is 0. The molecule has 1 aromatic carbocycles. The number of carboxylic acid groups (broad SMARTS) is 1. The molecule has 5 nitrogen and oxygen atoms in total. The molecule has 14 heavy (non-hydrogen) atoms. The monoisotopic (exact) mass is 191 g/mol. The number of aliphatic imine (C=N–C) groups is 1. The summed E-state index contributed by atoms with van der Waals surface area (Å²) in [5, 5.41) is 8.55. The van der Waals surface area contributed by atoms with Gasteiger partial charge in [-0.05, 0) is 24.3 Å². The molecule has 0 fully saturated rings. The molecule has 0 radical (unpaired) electrons. The Balaban J connectivity index is 2.99. The molecule has 0 aromatic heterocycles. The second-order valence-electron chi connectivity index (χ2n) is 2.39. The molecule has 0 saturated heterocycles. The lowest BCUT2D eigenvalue weighted by Crippen LogP contribution is -1.98. The van der Waals surface area contributed by atoms with Gasteiger partial charge in [0.1, 0.15) is 0 Å². The second-order valence-corrected chi connectivity index (χ2v) is 2.39. The molecule has 1 aromatic rings. The molecular formula is C9H5NO4. The second kappa shape index (κ2) is 4.11. The maximum Gasteiger partial charge on any atom is 0.335 e. The van der Waals surface area contributed by atoms with Gasteiger partial charge in [-0.15, -0.1) is 4.99 Å². The van der Waals surface area contributed by atoms with E-state index in [0.717, 1.165) is 6.08 Å². The molecule has 0 atom stereocenters. The number of carboxylic acids is 1. The molecular weight excluding hydrogens is 186 g/mol. The van der Waals surface area contributed by atoms with Crippen LogP contribution < -0.4 is 0 Å². The molecule has 0 aliphatic carbocycles. The van der Waals surface area contributed by atoms with Crippen LogP contribution in [-0.2, 0) is 4.79 Å². The average molecular weight is 191 g/mol. The number of isocyanates is 1. The first-order chi connectivity index (χ1) is 6.65. The zero-order valence-electron chi connectivity index (χ0n) is 6.93. The van der Waals surface area contributed by atoms with Crippen LogP contribution in [0.5, 0.6) is 0 Å². The van der Waals surface area contributed by atoms with Gasteiger partial charge in [0, 0.05) is 5.56 Å². The highest BCUT2D eigenvalue weighted by Gasteiger charge is 2.06. The predicted molar refractivity (Wildman–Crippen MR) is 45.9 cm³/mol. The SMILES string of the molecule is O=C=NC(=O)c1ccc(C(=O)O)cc1. The molecule has 1 rings (SSSR count). The number of nitrogens with zero attached hydrogens (tertiary/aromatic N) is 1. The molecule has 0 unspecified atom stereocenters. The number of rotatable bonds is 2. The first-order valence-electron chi connectivity index (χ1n) is 3.60. The van der Waals surface area contributed by atoms with E-state index in [4.69, 9.17) is 5.11 Å². The van der Waals surface area contributed by atoms with Gasteiger partial charge in [-0.25, -0.2) is 9.59 Å². The summed E-state index contributed by atoms with van der Waals surface area (Å²) in [6.07, 6.45) is 1.11. The Morgan fingerprint density at radius 3 is 2.07 bits per heavy atom. The van der Waals surface area contributed by atoms with E-state index in [1.54, 1.807) is 0 Å². The number of carbonyl (C=O) groups excluding carboxylic acids is 2. The molecule has 5 heteroatoms. The van der Waals surface area contributed by atoms with E-state index >= 15 is 0 Å². The van der Waals surface area contributed by atoms with Crippen LogP contribution in [0.4, 0.5) is 0 Å². The Kier molecular flexibility index (Phi) is 2.89. The van der Waals surface area contributed by atoms with E-state index in [9.17, 15) is 14.4 Å². The van der Waals surface area contributed by atoms with Gasteiger partial charge in [0.25, 0.3) is 5.91 Å². The van der Waals surface area contributed by atoms with Crippen molar-refractivity contribution in [3.05, 3.63) is 35.4 Å². The van der Waals surface area contributed by atoms with Crippen LogP contribution >= 0.6 is 0 Å². The van der Waals surface area contributed by atoms with Crippen LogP contribution in [0.3, 0.4) is 0 Å². The highest BCUT2D eigenvalue weighted by atomic mass is 16.4. The van der Waals surface area contributed by atoms with Crippen molar-refractivity contribution in [1.29, 1.82) is 0 Å². The van der Waals surface area contributed by atoms with Crippen LogP contribution in [0.15, 0.2) is 29.3 Å². The summed E-state index contributed by atoms with van der Waals surface area (Å²) in [4.78, 5) is 34.0. The minimum Gasteiger partial charge on any atom is -0.478 e. The van der Waals surface area contributed by atoms with Crippen molar-refractivity contribution in [2.24, 2.45) is 4.99 Å². The highest BCUT2D eigenvalue weighted by molar-refractivity contribution is 5.98. The van der Waals surface area contributed by atoms with Crippen molar-refractivity contribution in [2.75, 3.05) is 0 Å². The molecule has 0 bridgehead atoms. The summed E-state index contributed by atoms with van der Waals surface area (Å²) < 4.78 is 0. The fraction of sp³-hybridized carbons (Fsp3) is 0. The quantitative estimate of drug-likeness (QED) is 0.555. The lowest BCUT2D eigenvalue weighted by molar-refractivity contribution is 0.0696. The maximum atomic E-state index is 10.9. The third-order valence-corrected chi connectivity index (χ3v) is 1.53. The van der Waals surface area contributed by atoms with Crippen molar-refractivity contribution in [3.8, 4) is 0 Å². The van der Waals surface area contributed by atoms with Crippen LogP contribution in [0.1, 0.15) is 20.7 Å². The first-order valence-corrected chi connectivity index (χ1v) is 3.60. The van der Waals surface area contributed by atoms with E-state index in [0.29, 0.717) is 0 Å². The van der Waals surface area contributed by atoms with E-state index in [-0.39, 0.29) is 11.1 Å². The fourth-order valence-corrected chi connectivity index (χ4v) is 0.861. The molecule has 1 amide bonds. The highest BCUT2D eigenvalue weighted by Crippen LogP contribution is 2.05. The van der Waals surface area contributed by atoms with Crippen LogP contribution in [0.2, 0.25) is 0 Å². The van der Waals surface area contributed by atoms with Crippen molar-refractivity contribution in [3.63, 3.8) is 0 Å². The maximum absolute atomic E-state index is 10.9. The third-order valence-electron chi connectivity index (χ3n) is 1.53. The number of benzene rings is 1. The fourth-order valence-electron chi connectivity index (χ4n) is 0.861. The van der Waals surface area contributed by atoms with Gasteiger partial charge in [0.05, 0.1) is 5.56 Å². The molecule has 0 saturated carbocycles. The Morgan fingerprint density at radius 1 is 1.14 bits per heavy atom. The first kappa shape index (κ1) is 9.83. The number of carbonyl (C=O) groups is 2. The van der Waals surface area contributed by atoms with Crippen molar-refractivity contribution in [1.82, 2.24) is 0 Å². The summed E-state index contributed by atoms with van der Waals surface area (Å²) in [6.45, 7) is 0. The average Bonchev–Trinajstić information content (AvgIpc) is 2.18. The van der Waals surface area contributed by atoms with E-state index in [1.807, 2.05) is 0 Å². The van der Waals surface area contributed by atoms with Crippen molar-refractivity contribution in [2.45, 2.75) is 0 Å². The van der Waals surface area contributed by atoms with E-state index < -0.39 is 11.9 Å². The molecule has 0 spiro atoms.